The standard InChI is InChI=1S/C20H20N2O3S/c1-13-4-8-18(25-3)17(10-13)22-12-15(6-9-19(22)23)20(24)21-11-16-7-5-14(2)26-16/h4-10,12H,11H2,1-3H3,(H,21,24). The molecule has 5 nitrogen and oxygen atoms in total. The van der Waals surface area contributed by atoms with Crippen molar-refractivity contribution in [2.75, 3.05) is 7.11 Å². The number of amides is 1. The lowest BCUT2D eigenvalue weighted by Gasteiger charge is -2.13. The van der Waals surface area contributed by atoms with Gasteiger partial charge < -0.3 is 10.1 Å². The molecule has 0 radical (unpaired) electrons. The third kappa shape index (κ3) is 3.86. The minimum Gasteiger partial charge on any atom is -0.495 e. The van der Waals surface area contributed by atoms with Crippen LogP contribution in [0.3, 0.4) is 0 Å². The Hall–Kier alpha value is -2.86. The zero-order valence-electron chi connectivity index (χ0n) is 14.9. The van der Waals surface area contributed by atoms with Crippen LogP contribution in [0, 0.1) is 13.8 Å². The van der Waals surface area contributed by atoms with Crippen LogP contribution in [0.5, 0.6) is 5.75 Å². The molecular formula is C20H20N2O3S. The molecule has 0 atom stereocenters. The van der Waals surface area contributed by atoms with Crippen LogP contribution in [-0.2, 0) is 6.54 Å². The normalized spacial score (nSPS) is 10.6. The number of nitrogens with zero attached hydrogens (tertiary/aromatic N) is 1. The first-order chi connectivity index (χ1) is 12.5. The van der Waals surface area contributed by atoms with Crippen molar-refractivity contribution in [3.8, 4) is 11.4 Å². The van der Waals surface area contributed by atoms with Gasteiger partial charge in [-0.1, -0.05) is 6.07 Å². The van der Waals surface area contributed by atoms with Crippen LogP contribution < -0.4 is 15.6 Å². The van der Waals surface area contributed by atoms with Crippen molar-refractivity contribution in [1.29, 1.82) is 0 Å². The molecule has 1 amide bonds. The summed E-state index contributed by atoms with van der Waals surface area (Å²) in [6.45, 7) is 4.43. The van der Waals surface area contributed by atoms with Crippen LogP contribution in [0.25, 0.3) is 5.69 Å². The quantitative estimate of drug-likeness (QED) is 0.750. The summed E-state index contributed by atoms with van der Waals surface area (Å²) in [5.74, 6) is 0.348. The Bertz CT molecular complexity index is 1000. The second-order valence-electron chi connectivity index (χ2n) is 6.00. The predicted octanol–water partition coefficient (Wildman–Crippen LogP) is 3.45. The van der Waals surface area contributed by atoms with E-state index in [0.717, 1.165) is 10.4 Å². The molecule has 26 heavy (non-hydrogen) atoms. The van der Waals surface area contributed by atoms with Gasteiger partial charge in [0.25, 0.3) is 11.5 Å². The molecule has 0 aliphatic heterocycles. The summed E-state index contributed by atoms with van der Waals surface area (Å²) >= 11 is 1.65. The van der Waals surface area contributed by atoms with Gasteiger partial charge in [-0.15, -0.1) is 11.3 Å². The first kappa shape index (κ1) is 17.9. The molecule has 2 aromatic heterocycles. The Morgan fingerprint density at radius 2 is 1.96 bits per heavy atom. The Morgan fingerprint density at radius 1 is 1.15 bits per heavy atom. The second kappa shape index (κ2) is 7.58. The number of carbonyl (C=O) groups excluding carboxylic acids is 1. The van der Waals surface area contributed by atoms with E-state index in [1.165, 1.54) is 21.6 Å². The van der Waals surface area contributed by atoms with E-state index < -0.39 is 0 Å². The molecule has 1 N–H and O–H groups in total. The van der Waals surface area contributed by atoms with E-state index in [1.807, 2.05) is 44.2 Å². The number of ether oxygens (including phenoxy) is 1. The molecular weight excluding hydrogens is 348 g/mol. The molecule has 6 heteroatoms. The highest BCUT2D eigenvalue weighted by Crippen LogP contribution is 2.23. The summed E-state index contributed by atoms with van der Waals surface area (Å²) in [4.78, 5) is 27.1. The summed E-state index contributed by atoms with van der Waals surface area (Å²) in [6.07, 6.45) is 1.55. The minimum atomic E-state index is -0.226. The first-order valence-electron chi connectivity index (χ1n) is 8.19. The largest absolute Gasteiger partial charge is 0.495 e. The lowest BCUT2D eigenvalue weighted by molar-refractivity contribution is 0.0950. The summed E-state index contributed by atoms with van der Waals surface area (Å²) in [7, 11) is 1.55. The molecule has 0 aliphatic carbocycles. The zero-order valence-corrected chi connectivity index (χ0v) is 15.7. The number of aryl methyl sites for hydroxylation is 2. The fourth-order valence-electron chi connectivity index (χ4n) is 2.65. The fourth-order valence-corrected chi connectivity index (χ4v) is 3.48. The van der Waals surface area contributed by atoms with E-state index in [1.54, 1.807) is 24.6 Å². The van der Waals surface area contributed by atoms with Crippen molar-refractivity contribution in [3.63, 3.8) is 0 Å². The molecule has 3 rings (SSSR count). The molecule has 134 valence electrons. The van der Waals surface area contributed by atoms with Crippen molar-refractivity contribution in [2.24, 2.45) is 0 Å². The second-order valence-corrected chi connectivity index (χ2v) is 7.37. The van der Waals surface area contributed by atoms with E-state index in [4.69, 9.17) is 4.74 Å². The number of thiophene rings is 1. The Balaban J connectivity index is 1.89. The fraction of sp³-hybridized carbons (Fsp3) is 0.200. The van der Waals surface area contributed by atoms with Crippen LogP contribution in [0.4, 0.5) is 0 Å². The monoisotopic (exact) mass is 368 g/mol. The van der Waals surface area contributed by atoms with Gasteiger partial charge in [-0.25, -0.2) is 0 Å². The van der Waals surface area contributed by atoms with Crippen molar-refractivity contribution >= 4 is 17.2 Å². The molecule has 3 aromatic rings. The van der Waals surface area contributed by atoms with Gasteiger partial charge in [0.2, 0.25) is 0 Å². The van der Waals surface area contributed by atoms with Crippen molar-refractivity contribution < 1.29 is 9.53 Å². The maximum Gasteiger partial charge on any atom is 0.255 e. The van der Waals surface area contributed by atoms with Gasteiger partial charge in [0, 0.05) is 22.0 Å². The Kier molecular flexibility index (Phi) is 5.23. The molecule has 0 aliphatic rings. The smallest absolute Gasteiger partial charge is 0.255 e. The summed E-state index contributed by atoms with van der Waals surface area (Å²) < 4.78 is 6.80. The van der Waals surface area contributed by atoms with Gasteiger partial charge in [-0.3, -0.25) is 14.2 Å². The van der Waals surface area contributed by atoms with Gasteiger partial charge >= 0.3 is 0 Å². The average molecular weight is 368 g/mol. The highest BCUT2D eigenvalue weighted by Gasteiger charge is 2.12. The van der Waals surface area contributed by atoms with Crippen molar-refractivity contribution in [3.05, 3.63) is 79.9 Å². The molecule has 0 saturated heterocycles. The maximum atomic E-state index is 12.5. The van der Waals surface area contributed by atoms with Crippen molar-refractivity contribution in [2.45, 2.75) is 20.4 Å². The molecule has 0 bridgehead atoms. The topological polar surface area (TPSA) is 60.3 Å². The van der Waals surface area contributed by atoms with Gasteiger partial charge in [0.1, 0.15) is 5.75 Å². The third-order valence-electron chi connectivity index (χ3n) is 3.99. The number of methoxy groups -OCH3 is 1. The van der Waals surface area contributed by atoms with Crippen molar-refractivity contribution in [1.82, 2.24) is 9.88 Å². The number of carbonyl (C=O) groups is 1. The highest BCUT2D eigenvalue weighted by atomic mass is 32.1. The van der Waals surface area contributed by atoms with Crippen LogP contribution in [-0.4, -0.2) is 17.6 Å². The molecule has 1 aromatic carbocycles. The summed E-state index contributed by atoms with van der Waals surface area (Å²) in [5, 5.41) is 2.89. The van der Waals surface area contributed by atoms with Crippen LogP contribution >= 0.6 is 11.3 Å². The van der Waals surface area contributed by atoms with Crippen LogP contribution in [0.15, 0.2) is 53.5 Å². The molecule has 0 unspecified atom stereocenters. The number of nitrogens with one attached hydrogen (secondary N) is 1. The number of benzene rings is 1. The molecule has 0 fully saturated rings. The number of rotatable bonds is 5. The maximum absolute atomic E-state index is 12.5. The van der Waals surface area contributed by atoms with Gasteiger partial charge in [-0.2, -0.15) is 0 Å². The highest BCUT2D eigenvalue weighted by molar-refractivity contribution is 7.11. The van der Waals surface area contributed by atoms with E-state index in [2.05, 4.69) is 5.32 Å². The minimum absolute atomic E-state index is 0.223. The van der Waals surface area contributed by atoms with E-state index in [-0.39, 0.29) is 11.5 Å². The number of pyridine rings is 1. The van der Waals surface area contributed by atoms with E-state index >= 15 is 0 Å². The van der Waals surface area contributed by atoms with Gasteiger partial charge in [0.15, 0.2) is 0 Å². The lowest BCUT2D eigenvalue weighted by atomic mass is 10.2. The predicted molar refractivity (Wildman–Crippen MR) is 104 cm³/mol. The molecule has 0 spiro atoms. The first-order valence-corrected chi connectivity index (χ1v) is 9.01. The average Bonchev–Trinajstić information content (AvgIpc) is 3.05. The third-order valence-corrected chi connectivity index (χ3v) is 4.99. The zero-order chi connectivity index (χ0) is 18.7. The Morgan fingerprint density at radius 3 is 2.65 bits per heavy atom. The number of aromatic nitrogens is 1. The summed E-state index contributed by atoms with van der Waals surface area (Å²) in [5.41, 5.74) is 1.80. The molecule has 2 heterocycles. The molecule has 0 saturated carbocycles. The number of hydrogen-bond acceptors (Lipinski definition) is 4. The van der Waals surface area contributed by atoms with E-state index in [9.17, 15) is 9.59 Å². The van der Waals surface area contributed by atoms with Crippen LogP contribution in [0.2, 0.25) is 0 Å². The lowest BCUT2D eigenvalue weighted by Crippen LogP contribution is -2.25. The van der Waals surface area contributed by atoms with Crippen LogP contribution in [0.1, 0.15) is 25.7 Å². The Labute approximate surface area is 155 Å². The van der Waals surface area contributed by atoms with Gasteiger partial charge in [0.05, 0.1) is 24.9 Å². The summed E-state index contributed by atoms with van der Waals surface area (Å²) in [6, 6.07) is 12.5. The van der Waals surface area contributed by atoms with Gasteiger partial charge in [-0.05, 0) is 49.7 Å². The SMILES string of the molecule is COc1ccc(C)cc1-n1cc(C(=O)NCc2ccc(C)s2)ccc1=O. The van der Waals surface area contributed by atoms with E-state index in [0.29, 0.717) is 23.5 Å². The number of hydrogen-bond donors (Lipinski definition) is 1.